The second-order valence-corrected chi connectivity index (χ2v) is 5.94. The second kappa shape index (κ2) is 4.87. The lowest BCUT2D eigenvalue weighted by Gasteiger charge is -2.33. The Kier molecular flexibility index (Phi) is 3.36. The maximum Gasteiger partial charge on any atom is 0.419 e. The predicted molar refractivity (Wildman–Crippen MR) is 67.3 cm³/mol. The van der Waals surface area contributed by atoms with Gasteiger partial charge in [-0.1, -0.05) is 6.07 Å². The SMILES string of the molecule is CC1(Oc2cc(C(=O)[O-])ccc2C(F)(F)F)CC2CCC1O2. The Balaban J connectivity index is 1.97. The van der Waals surface area contributed by atoms with E-state index in [1.165, 1.54) is 0 Å². The van der Waals surface area contributed by atoms with Crippen LogP contribution < -0.4 is 9.84 Å². The van der Waals surface area contributed by atoms with Gasteiger partial charge in [-0.15, -0.1) is 0 Å². The molecule has 22 heavy (non-hydrogen) atoms. The van der Waals surface area contributed by atoms with Crippen LogP contribution in [0.1, 0.15) is 42.1 Å². The highest BCUT2D eigenvalue weighted by atomic mass is 19.4. The molecule has 0 saturated carbocycles. The topological polar surface area (TPSA) is 58.6 Å². The van der Waals surface area contributed by atoms with E-state index in [1.54, 1.807) is 6.92 Å². The molecular formula is C15H14F3O4-. The Morgan fingerprint density at radius 1 is 1.41 bits per heavy atom. The zero-order valence-electron chi connectivity index (χ0n) is 11.8. The molecule has 2 aliphatic heterocycles. The standard InChI is InChI=1S/C15H15F3O4/c1-14(7-9-3-5-12(14)21-9)22-11-6-8(13(19)20)2-4-10(11)15(16,17)18/h2,4,6,9,12H,3,5,7H2,1H3,(H,19,20)/p-1. The summed E-state index contributed by atoms with van der Waals surface area (Å²) in [6.45, 7) is 1.70. The quantitative estimate of drug-likeness (QED) is 0.857. The van der Waals surface area contributed by atoms with Crippen molar-refractivity contribution in [2.24, 2.45) is 0 Å². The Morgan fingerprint density at radius 3 is 2.64 bits per heavy atom. The summed E-state index contributed by atoms with van der Waals surface area (Å²) >= 11 is 0. The lowest BCUT2D eigenvalue weighted by Crippen LogP contribution is -2.42. The summed E-state index contributed by atoms with van der Waals surface area (Å²) in [4.78, 5) is 10.9. The number of hydrogen-bond acceptors (Lipinski definition) is 4. The Bertz CT molecular complexity index is 613. The maximum atomic E-state index is 13.1. The van der Waals surface area contributed by atoms with Crippen LogP contribution in [-0.4, -0.2) is 23.8 Å². The first-order valence-corrected chi connectivity index (χ1v) is 6.96. The summed E-state index contributed by atoms with van der Waals surface area (Å²) in [6.07, 6.45) is -2.82. The molecule has 0 amide bonds. The number of hydrogen-bond donors (Lipinski definition) is 0. The lowest BCUT2D eigenvalue weighted by atomic mass is 9.86. The fourth-order valence-corrected chi connectivity index (χ4v) is 3.22. The van der Waals surface area contributed by atoms with Crippen LogP contribution in [0.25, 0.3) is 0 Å². The van der Waals surface area contributed by atoms with Crippen molar-refractivity contribution in [1.29, 1.82) is 0 Å². The van der Waals surface area contributed by atoms with Crippen molar-refractivity contribution < 1.29 is 32.5 Å². The van der Waals surface area contributed by atoms with E-state index in [4.69, 9.17) is 9.47 Å². The third-order valence-electron chi connectivity index (χ3n) is 4.29. The summed E-state index contributed by atoms with van der Waals surface area (Å²) in [5.74, 6) is -2.04. The Hall–Kier alpha value is -1.76. The molecule has 7 heteroatoms. The molecule has 0 radical (unpaired) electrons. The minimum absolute atomic E-state index is 0.00587. The average Bonchev–Trinajstić information content (AvgIpc) is 2.96. The van der Waals surface area contributed by atoms with Crippen LogP contribution in [0.15, 0.2) is 18.2 Å². The maximum absolute atomic E-state index is 13.1. The predicted octanol–water partition coefficient (Wildman–Crippen LogP) is 2.16. The molecule has 120 valence electrons. The van der Waals surface area contributed by atoms with Gasteiger partial charge in [0, 0.05) is 12.0 Å². The van der Waals surface area contributed by atoms with Crippen molar-refractivity contribution in [3.8, 4) is 5.75 Å². The van der Waals surface area contributed by atoms with Crippen LogP contribution in [0.5, 0.6) is 5.75 Å². The van der Waals surface area contributed by atoms with Gasteiger partial charge in [-0.05, 0) is 31.9 Å². The van der Waals surface area contributed by atoms with E-state index < -0.39 is 29.1 Å². The van der Waals surface area contributed by atoms with Crippen molar-refractivity contribution in [3.63, 3.8) is 0 Å². The number of ether oxygens (including phenoxy) is 2. The first-order chi connectivity index (χ1) is 10.2. The zero-order valence-corrected chi connectivity index (χ0v) is 11.8. The van der Waals surface area contributed by atoms with Gasteiger partial charge in [0.2, 0.25) is 0 Å². The molecule has 0 aromatic heterocycles. The summed E-state index contributed by atoms with van der Waals surface area (Å²) in [7, 11) is 0. The van der Waals surface area contributed by atoms with Crippen LogP contribution in [-0.2, 0) is 10.9 Å². The fraction of sp³-hybridized carbons (Fsp3) is 0.533. The molecule has 3 unspecified atom stereocenters. The fourth-order valence-electron chi connectivity index (χ4n) is 3.22. The van der Waals surface area contributed by atoms with E-state index in [0.29, 0.717) is 12.5 Å². The van der Waals surface area contributed by atoms with Crippen molar-refractivity contribution in [2.45, 2.75) is 50.2 Å². The molecule has 2 aliphatic rings. The molecule has 0 N–H and O–H groups in total. The smallest absolute Gasteiger partial charge is 0.419 e. The van der Waals surface area contributed by atoms with Crippen LogP contribution in [0.2, 0.25) is 0 Å². The Morgan fingerprint density at radius 2 is 2.14 bits per heavy atom. The number of benzene rings is 1. The van der Waals surface area contributed by atoms with Gasteiger partial charge in [0.15, 0.2) is 0 Å². The number of carbonyl (C=O) groups excluding carboxylic acids is 1. The molecule has 0 aliphatic carbocycles. The highest BCUT2D eigenvalue weighted by Gasteiger charge is 2.52. The monoisotopic (exact) mass is 315 g/mol. The van der Waals surface area contributed by atoms with Crippen molar-refractivity contribution >= 4 is 5.97 Å². The number of halogens is 3. The normalized spacial score (nSPS) is 30.5. The first kappa shape index (κ1) is 15.1. The van der Waals surface area contributed by atoms with E-state index >= 15 is 0 Å². The van der Waals surface area contributed by atoms with Crippen LogP contribution >= 0.6 is 0 Å². The highest BCUT2D eigenvalue weighted by Crippen LogP contribution is 2.46. The summed E-state index contributed by atoms with van der Waals surface area (Å²) < 4.78 is 50.5. The van der Waals surface area contributed by atoms with Gasteiger partial charge in [0.05, 0.1) is 23.7 Å². The number of fused-ring (bicyclic) bond motifs is 2. The van der Waals surface area contributed by atoms with Crippen LogP contribution in [0.4, 0.5) is 13.2 Å². The lowest BCUT2D eigenvalue weighted by molar-refractivity contribution is -0.255. The van der Waals surface area contributed by atoms with Gasteiger partial charge in [0.25, 0.3) is 0 Å². The summed E-state index contributed by atoms with van der Waals surface area (Å²) in [6, 6.07) is 2.44. The number of carboxylic acids is 1. The molecule has 2 heterocycles. The summed E-state index contributed by atoms with van der Waals surface area (Å²) in [5.41, 5.74) is -2.23. The third kappa shape index (κ3) is 2.54. The van der Waals surface area contributed by atoms with E-state index in [1.807, 2.05) is 0 Å². The highest BCUT2D eigenvalue weighted by molar-refractivity contribution is 5.86. The number of carboxylic acid groups (broad SMARTS) is 1. The second-order valence-electron chi connectivity index (χ2n) is 5.94. The third-order valence-corrected chi connectivity index (χ3v) is 4.29. The number of carbonyl (C=O) groups is 1. The number of aromatic carboxylic acids is 1. The van der Waals surface area contributed by atoms with Crippen LogP contribution in [0.3, 0.4) is 0 Å². The molecular weight excluding hydrogens is 301 g/mol. The van der Waals surface area contributed by atoms with Gasteiger partial charge in [-0.2, -0.15) is 13.2 Å². The number of alkyl halides is 3. The van der Waals surface area contributed by atoms with Gasteiger partial charge in [-0.3, -0.25) is 0 Å². The summed E-state index contributed by atoms with van der Waals surface area (Å²) in [5, 5.41) is 10.9. The van der Waals surface area contributed by atoms with E-state index in [-0.39, 0.29) is 17.8 Å². The molecule has 2 saturated heterocycles. The van der Waals surface area contributed by atoms with E-state index in [0.717, 1.165) is 25.0 Å². The van der Waals surface area contributed by atoms with E-state index in [9.17, 15) is 23.1 Å². The number of rotatable bonds is 3. The van der Waals surface area contributed by atoms with Crippen molar-refractivity contribution in [2.75, 3.05) is 0 Å². The zero-order chi connectivity index (χ0) is 16.1. The van der Waals surface area contributed by atoms with Gasteiger partial charge < -0.3 is 19.4 Å². The molecule has 2 bridgehead atoms. The Labute approximate surface area is 124 Å². The van der Waals surface area contributed by atoms with Gasteiger partial charge in [0.1, 0.15) is 11.4 Å². The van der Waals surface area contributed by atoms with Crippen molar-refractivity contribution in [3.05, 3.63) is 29.3 Å². The molecule has 1 aromatic carbocycles. The largest absolute Gasteiger partial charge is 0.545 e. The molecule has 0 spiro atoms. The molecule has 2 fully saturated rings. The minimum atomic E-state index is -4.63. The van der Waals surface area contributed by atoms with Crippen molar-refractivity contribution in [1.82, 2.24) is 0 Å². The molecule has 3 atom stereocenters. The minimum Gasteiger partial charge on any atom is -0.545 e. The molecule has 3 rings (SSSR count). The van der Waals surface area contributed by atoms with Gasteiger partial charge in [-0.25, -0.2) is 0 Å². The molecule has 1 aromatic rings. The van der Waals surface area contributed by atoms with Gasteiger partial charge >= 0.3 is 6.18 Å². The molecule has 4 nitrogen and oxygen atoms in total. The van der Waals surface area contributed by atoms with Crippen LogP contribution in [0, 0.1) is 0 Å². The first-order valence-electron chi connectivity index (χ1n) is 6.96. The van der Waals surface area contributed by atoms with E-state index in [2.05, 4.69) is 0 Å². The average molecular weight is 315 g/mol.